The van der Waals surface area contributed by atoms with Gasteiger partial charge in [0.15, 0.2) is 6.04 Å². The Hall–Kier alpha value is -2.89. The Labute approximate surface area is 151 Å². The summed E-state index contributed by atoms with van der Waals surface area (Å²) in [6, 6.07) is 10.1. The molecule has 0 aliphatic heterocycles. The first-order valence-electron chi connectivity index (χ1n) is 8.24. The number of aliphatic carboxylic acids is 1. The zero-order valence-electron chi connectivity index (χ0n) is 15.0. The summed E-state index contributed by atoms with van der Waals surface area (Å²) < 4.78 is 18.5. The van der Waals surface area contributed by atoms with Crippen molar-refractivity contribution in [2.24, 2.45) is 0 Å². The molecule has 2 unspecified atom stereocenters. The van der Waals surface area contributed by atoms with Gasteiger partial charge in [-0.1, -0.05) is 31.2 Å². The first kappa shape index (κ1) is 19.4. The lowest BCUT2D eigenvalue weighted by Gasteiger charge is -2.18. The topological polar surface area (TPSA) is 75.6 Å². The predicted molar refractivity (Wildman–Crippen MR) is 95.7 cm³/mol. The number of carboxylic acid groups (broad SMARTS) is 1. The smallest absolute Gasteiger partial charge is 0.330 e. The van der Waals surface area contributed by atoms with Crippen molar-refractivity contribution in [3.05, 3.63) is 65.0 Å². The molecule has 6 heteroatoms. The van der Waals surface area contributed by atoms with Crippen LogP contribution in [-0.2, 0) is 9.59 Å². The predicted octanol–water partition coefficient (Wildman–Crippen LogP) is 3.58. The van der Waals surface area contributed by atoms with Crippen molar-refractivity contribution >= 4 is 11.9 Å². The quantitative estimate of drug-likeness (QED) is 0.792. The van der Waals surface area contributed by atoms with Crippen molar-refractivity contribution in [1.29, 1.82) is 0 Å². The van der Waals surface area contributed by atoms with Gasteiger partial charge in [0, 0.05) is 6.42 Å². The maximum atomic E-state index is 13.4. The minimum absolute atomic E-state index is 0.0923. The zero-order valence-corrected chi connectivity index (χ0v) is 15.0. The van der Waals surface area contributed by atoms with E-state index in [4.69, 9.17) is 4.74 Å². The Morgan fingerprint density at radius 2 is 1.77 bits per heavy atom. The van der Waals surface area contributed by atoms with Gasteiger partial charge < -0.3 is 15.2 Å². The highest BCUT2D eigenvalue weighted by molar-refractivity contribution is 5.85. The summed E-state index contributed by atoms with van der Waals surface area (Å²) >= 11 is 0. The highest BCUT2D eigenvalue weighted by Gasteiger charge is 2.23. The minimum Gasteiger partial charge on any atom is -0.497 e. The SMILES string of the molecule is COc1ccc(C(C)CC(=O)NC(C(=O)O)c2ccc(F)c(C)c2)cc1. The van der Waals surface area contributed by atoms with Crippen molar-refractivity contribution in [2.45, 2.75) is 32.2 Å². The van der Waals surface area contributed by atoms with Gasteiger partial charge in [0.1, 0.15) is 11.6 Å². The molecule has 138 valence electrons. The monoisotopic (exact) mass is 359 g/mol. The molecule has 0 heterocycles. The van der Waals surface area contributed by atoms with E-state index in [1.807, 2.05) is 31.2 Å². The second-order valence-corrected chi connectivity index (χ2v) is 6.23. The summed E-state index contributed by atoms with van der Waals surface area (Å²) in [5.74, 6) is -1.37. The summed E-state index contributed by atoms with van der Waals surface area (Å²) in [5.41, 5.74) is 1.61. The van der Waals surface area contributed by atoms with Gasteiger partial charge in [-0.3, -0.25) is 4.79 Å². The van der Waals surface area contributed by atoms with Crippen LogP contribution >= 0.6 is 0 Å². The second kappa shape index (κ2) is 8.47. The van der Waals surface area contributed by atoms with Crippen LogP contribution < -0.4 is 10.1 Å². The average Bonchev–Trinajstić information content (AvgIpc) is 2.62. The molecule has 2 N–H and O–H groups in total. The number of hydrogen-bond acceptors (Lipinski definition) is 3. The number of methoxy groups -OCH3 is 1. The van der Waals surface area contributed by atoms with Crippen LogP contribution in [0.4, 0.5) is 4.39 Å². The second-order valence-electron chi connectivity index (χ2n) is 6.23. The Kier molecular flexibility index (Phi) is 6.33. The number of ether oxygens (including phenoxy) is 1. The number of nitrogens with one attached hydrogen (secondary N) is 1. The fourth-order valence-electron chi connectivity index (χ4n) is 2.68. The molecule has 0 aromatic heterocycles. The molecule has 26 heavy (non-hydrogen) atoms. The van der Waals surface area contributed by atoms with Crippen LogP contribution in [0.3, 0.4) is 0 Å². The molecule has 2 aromatic carbocycles. The fourth-order valence-corrected chi connectivity index (χ4v) is 2.68. The largest absolute Gasteiger partial charge is 0.497 e. The molecule has 0 aliphatic rings. The summed E-state index contributed by atoms with van der Waals surface area (Å²) in [5, 5.41) is 11.9. The Morgan fingerprint density at radius 1 is 1.15 bits per heavy atom. The van der Waals surface area contributed by atoms with E-state index in [-0.39, 0.29) is 18.2 Å². The van der Waals surface area contributed by atoms with E-state index in [1.54, 1.807) is 14.0 Å². The number of hydrogen-bond donors (Lipinski definition) is 2. The zero-order chi connectivity index (χ0) is 19.3. The number of aryl methyl sites for hydroxylation is 1. The van der Waals surface area contributed by atoms with E-state index in [0.717, 1.165) is 11.3 Å². The molecule has 0 saturated heterocycles. The number of carbonyl (C=O) groups excluding carboxylic acids is 1. The van der Waals surface area contributed by atoms with E-state index in [9.17, 15) is 19.1 Å². The van der Waals surface area contributed by atoms with Gasteiger partial charge in [-0.05, 0) is 47.7 Å². The van der Waals surface area contributed by atoms with Gasteiger partial charge >= 0.3 is 5.97 Å². The Morgan fingerprint density at radius 3 is 2.31 bits per heavy atom. The number of carboxylic acids is 1. The van der Waals surface area contributed by atoms with Gasteiger partial charge in [-0.25, -0.2) is 9.18 Å². The number of carbonyl (C=O) groups is 2. The number of halogens is 1. The van der Waals surface area contributed by atoms with Gasteiger partial charge in [0.05, 0.1) is 7.11 Å². The van der Waals surface area contributed by atoms with Crippen LogP contribution in [0.2, 0.25) is 0 Å². The third-order valence-electron chi connectivity index (χ3n) is 4.24. The maximum Gasteiger partial charge on any atom is 0.330 e. The summed E-state index contributed by atoms with van der Waals surface area (Å²) in [6.45, 7) is 3.44. The summed E-state index contributed by atoms with van der Waals surface area (Å²) in [7, 11) is 1.58. The first-order valence-corrected chi connectivity index (χ1v) is 8.24. The van der Waals surface area contributed by atoms with Crippen LogP contribution in [0.15, 0.2) is 42.5 Å². The molecular formula is C20H22FNO4. The Bertz CT molecular complexity index is 789. The lowest BCUT2D eigenvalue weighted by Crippen LogP contribution is -2.34. The van der Waals surface area contributed by atoms with Crippen LogP contribution in [0.25, 0.3) is 0 Å². The van der Waals surface area contributed by atoms with E-state index in [2.05, 4.69) is 5.32 Å². The van der Waals surface area contributed by atoms with Gasteiger partial charge in [-0.2, -0.15) is 0 Å². The standard InChI is InChI=1S/C20H22FNO4/c1-12(14-4-7-16(26-3)8-5-14)11-18(23)22-19(20(24)25)15-6-9-17(21)13(2)10-15/h4-10,12,19H,11H2,1-3H3,(H,22,23)(H,24,25). The molecule has 0 radical (unpaired) electrons. The summed E-state index contributed by atoms with van der Waals surface area (Å²) in [4.78, 5) is 23.9. The number of amides is 1. The molecule has 2 aromatic rings. The molecule has 1 amide bonds. The first-order chi connectivity index (χ1) is 12.3. The lowest BCUT2D eigenvalue weighted by molar-refractivity contribution is -0.142. The molecule has 0 aliphatic carbocycles. The van der Waals surface area contributed by atoms with Crippen molar-refractivity contribution < 1.29 is 23.8 Å². The van der Waals surface area contributed by atoms with Crippen LogP contribution in [0, 0.1) is 12.7 Å². The molecular weight excluding hydrogens is 337 g/mol. The van der Waals surface area contributed by atoms with Crippen LogP contribution in [0.5, 0.6) is 5.75 Å². The van der Waals surface area contributed by atoms with Crippen LogP contribution in [-0.4, -0.2) is 24.1 Å². The highest BCUT2D eigenvalue weighted by atomic mass is 19.1. The minimum atomic E-state index is -1.22. The molecule has 5 nitrogen and oxygen atoms in total. The van der Waals surface area contributed by atoms with Crippen molar-refractivity contribution in [3.63, 3.8) is 0 Å². The van der Waals surface area contributed by atoms with E-state index in [0.29, 0.717) is 11.1 Å². The third-order valence-corrected chi connectivity index (χ3v) is 4.24. The Balaban J connectivity index is 2.07. The van der Waals surface area contributed by atoms with Crippen molar-refractivity contribution in [1.82, 2.24) is 5.32 Å². The van der Waals surface area contributed by atoms with Crippen molar-refractivity contribution in [2.75, 3.05) is 7.11 Å². The van der Waals surface area contributed by atoms with E-state index < -0.39 is 17.8 Å². The fraction of sp³-hybridized carbons (Fsp3) is 0.300. The number of rotatable bonds is 7. The summed E-state index contributed by atoms with van der Waals surface area (Å²) in [6.07, 6.45) is 0.135. The molecule has 2 rings (SSSR count). The van der Waals surface area contributed by atoms with Gasteiger partial charge in [0.2, 0.25) is 5.91 Å². The third kappa shape index (κ3) is 4.81. The van der Waals surface area contributed by atoms with Crippen molar-refractivity contribution in [3.8, 4) is 5.75 Å². The molecule has 0 spiro atoms. The molecule has 0 bridgehead atoms. The maximum absolute atomic E-state index is 13.4. The lowest BCUT2D eigenvalue weighted by atomic mass is 9.96. The van der Waals surface area contributed by atoms with Gasteiger partial charge in [0.25, 0.3) is 0 Å². The van der Waals surface area contributed by atoms with Gasteiger partial charge in [-0.15, -0.1) is 0 Å². The van der Waals surface area contributed by atoms with Crippen LogP contribution in [0.1, 0.15) is 42.0 Å². The highest BCUT2D eigenvalue weighted by Crippen LogP contribution is 2.23. The molecule has 2 atom stereocenters. The normalized spacial score (nSPS) is 12.9. The van der Waals surface area contributed by atoms with E-state index >= 15 is 0 Å². The number of benzene rings is 2. The molecule has 0 fully saturated rings. The molecule has 0 saturated carbocycles. The van der Waals surface area contributed by atoms with E-state index in [1.165, 1.54) is 18.2 Å². The average molecular weight is 359 g/mol.